The van der Waals surface area contributed by atoms with Gasteiger partial charge >= 0.3 is 0 Å². The minimum Gasteiger partial charge on any atom is -0.355 e. The number of nitrogens with two attached hydrogens (primary N) is 1. The van der Waals surface area contributed by atoms with E-state index in [1.807, 2.05) is 13.8 Å². The molecule has 0 aromatic rings. The Labute approximate surface area is 118 Å². The van der Waals surface area contributed by atoms with Gasteiger partial charge in [0.05, 0.1) is 0 Å². The quantitative estimate of drug-likeness (QED) is 0.767. The summed E-state index contributed by atoms with van der Waals surface area (Å²) in [5.41, 5.74) is 5.35. The summed E-state index contributed by atoms with van der Waals surface area (Å²) in [5, 5.41) is 3.13. The number of hydrogen-bond acceptors (Lipinski definition) is 3. The summed E-state index contributed by atoms with van der Waals surface area (Å²) in [7, 11) is 2.17. The van der Waals surface area contributed by atoms with E-state index in [1.165, 1.54) is 13.0 Å². The highest BCUT2D eigenvalue weighted by atomic mass is 16.2. The number of nitrogens with zero attached hydrogens (tertiary/aromatic N) is 1. The van der Waals surface area contributed by atoms with Crippen molar-refractivity contribution >= 4 is 5.91 Å². The summed E-state index contributed by atoms with van der Waals surface area (Å²) in [5.74, 6) is 0.785. The topological polar surface area (TPSA) is 58.4 Å². The second-order valence-corrected chi connectivity index (χ2v) is 7.34. The molecule has 1 unspecified atom stereocenters. The molecule has 0 spiro atoms. The molecule has 0 aliphatic carbocycles. The maximum atomic E-state index is 12.2. The summed E-state index contributed by atoms with van der Waals surface area (Å²) >= 11 is 0. The van der Waals surface area contributed by atoms with Gasteiger partial charge in [-0.2, -0.15) is 0 Å². The first-order chi connectivity index (χ1) is 8.69. The van der Waals surface area contributed by atoms with E-state index < -0.39 is 0 Å². The van der Waals surface area contributed by atoms with Gasteiger partial charge in [0.25, 0.3) is 0 Å². The van der Waals surface area contributed by atoms with Crippen molar-refractivity contribution in [3.05, 3.63) is 0 Å². The van der Waals surface area contributed by atoms with Crippen molar-refractivity contribution in [3.8, 4) is 0 Å². The molecule has 1 amide bonds. The lowest BCUT2D eigenvalue weighted by molar-refractivity contribution is -0.130. The van der Waals surface area contributed by atoms with Gasteiger partial charge in [0, 0.05) is 18.5 Å². The minimum absolute atomic E-state index is 0.123. The van der Waals surface area contributed by atoms with Crippen LogP contribution in [0.15, 0.2) is 0 Å². The monoisotopic (exact) mass is 269 g/mol. The van der Waals surface area contributed by atoms with Crippen molar-refractivity contribution in [2.45, 2.75) is 40.5 Å². The van der Waals surface area contributed by atoms with E-state index in [0.717, 1.165) is 19.5 Å². The molecule has 1 saturated heterocycles. The van der Waals surface area contributed by atoms with Crippen molar-refractivity contribution in [1.82, 2.24) is 10.2 Å². The maximum absolute atomic E-state index is 12.2. The third-order valence-corrected chi connectivity index (χ3v) is 4.59. The zero-order valence-corrected chi connectivity index (χ0v) is 13.3. The van der Waals surface area contributed by atoms with Gasteiger partial charge in [-0.25, -0.2) is 0 Å². The lowest BCUT2D eigenvalue weighted by atomic mass is 9.77. The largest absolute Gasteiger partial charge is 0.355 e. The van der Waals surface area contributed by atoms with Gasteiger partial charge in [-0.05, 0) is 44.3 Å². The van der Waals surface area contributed by atoms with Crippen LogP contribution >= 0.6 is 0 Å². The average Bonchev–Trinajstić information content (AvgIpc) is 2.73. The molecule has 1 fully saturated rings. The number of carbonyl (C=O) groups excluding carboxylic acids is 1. The van der Waals surface area contributed by atoms with Gasteiger partial charge in [0.15, 0.2) is 0 Å². The Morgan fingerprint density at radius 3 is 2.47 bits per heavy atom. The molecule has 1 rings (SSSR count). The van der Waals surface area contributed by atoms with Crippen LogP contribution in [0.1, 0.15) is 40.5 Å². The molecule has 1 aliphatic rings. The van der Waals surface area contributed by atoms with Crippen molar-refractivity contribution in [2.24, 2.45) is 22.5 Å². The van der Waals surface area contributed by atoms with Gasteiger partial charge < -0.3 is 16.0 Å². The Bertz CT molecular complexity index is 313. The van der Waals surface area contributed by atoms with Crippen LogP contribution in [-0.2, 0) is 4.79 Å². The number of rotatable bonds is 6. The highest BCUT2D eigenvalue weighted by molar-refractivity contribution is 5.81. The fourth-order valence-electron chi connectivity index (χ4n) is 2.74. The van der Waals surface area contributed by atoms with Gasteiger partial charge in [-0.3, -0.25) is 4.79 Å². The van der Waals surface area contributed by atoms with E-state index in [2.05, 4.69) is 31.1 Å². The second-order valence-electron chi connectivity index (χ2n) is 7.34. The first kappa shape index (κ1) is 16.4. The predicted molar refractivity (Wildman–Crippen MR) is 79.8 cm³/mol. The van der Waals surface area contributed by atoms with Crippen LogP contribution in [0, 0.1) is 16.7 Å². The summed E-state index contributed by atoms with van der Waals surface area (Å²) < 4.78 is 0. The molecule has 0 aromatic heterocycles. The summed E-state index contributed by atoms with van der Waals surface area (Å²) in [6.45, 7) is 12.0. The molecule has 0 bridgehead atoms. The molecular formula is C15H31N3O. The molecular weight excluding hydrogens is 238 g/mol. The molecule has 4 nitrogen and oxygen atoms in total. The normalized spacial score (nSPS) is 21.7. The lowest BCUT2D eigenvalue weighted by Crippen LogP contribution is -2.44. The SMILES string of the molecule is CN1CCC(C(C)(C)CNC(=O)C(C)(C)CCN)C1. The van der Waals surface area contributed by atoms with E-state index in [9.17, 15) is 4.79 Å². The van der Waals surface area contributed by atoms with Crippen molar-refractivity contribution in [2.75, 3.05) is 33.2 Å². The number of hydrogen-bond donors (Lipinski definition) is 2. The Kier molecular flexibility index (Phi) is 5.39. The van der Waals surface area contributed by atoms with Crippen LogP contribution in [0.3, 0.4) is 0 Å². The third kappa shape index (κ3) is 4.46. The molecule has 3 N–H and O–H groups in total. The highest BCUT2D eigenvalue weighted by Gasteiger charge is 2.35. The molecule has 1 aliphatic heterocycles. The van der Waals surface area contributed by atoms with E-state index in [4.69, 9.17) is 5.73 Å². The van der Waals surface area contributed by atoms with E-state index >= 15 is 0 Å². The summed E-state index contributed by atoms with van der Waals surface area (Å²) in [4.78, 5) is 14.6. The summed E-state index contributed by atoms with van der Waals surface area (Å²) in [6, 6.07) is 0. The van der Waals surface area contributed by atoms with E-state index in [0.29, 0.717) is 12.5 Å². The summed E-state index contributed by atoms with van der Waals surface area (Å²) in [6.07, 6.45) is 1.96. The van der Waals surface area contributed by atoms with Crippen LogP contribution in [0.25, 0.3) is 0 Å². The number of likely N-dealkylation sites (tertiary alicyclic amines) is 1. The van der Waals surface area contributed by atoms with Crippen LogP contribution in [0.5, 0.6) is 0 Å². The third-order valence-electron chi connectivity index (χ3n) is 4.59. The van der Waals surface area contributed by atoms with Gasteiger partial charge in [0.2, 0.25) is 5.91 Å². The Morgan fingerprint density at radius 1 is 1.37 bits per heavy atom. The molecule has 1 heterocycles. The standard InChI is InChI=1S/C15H31N3O/c1-14(2,7-8-16)13(19)17-11-15(3,4)12-6-9-18(5)10-12/h12H,6-11,16H2,1-5H3,(H,17,19). The molecule has 19 heavy (non-hydrogen) atoms. The van der Waals surface area contributed by atoms with Crippen LogP contribution in [-0.4, -0.2) is 44.0 Å². The second kappa shape index (κ2) is 6.23. The number of nitrogens with one attached hydrogen (secondary N) is 1. The smallest absolute Gasteiger partial charge is 0.225 e. The van der Waals surface area contributed by atoms with Gasteiger partial charge in [-0.1, -0.05) is 27.7 Å². The maximum Gasteiger partial charge on any atom is 0.225 e. The number of carbonyl (C=O) groups is 1. The zero-order valence-electron chi connectivity index (χ0n) is 13.3. The molecule has 112 valence electrons. The van der Waals surface area contributed by atoms with Crippen molar-refractivity contribution in [1.29, 1.82) is 0 Å². The molecule has 0 saturated carbocycles. The number of amides is 1. The van der Waals surface area contributed by atoms with E-state index in [1.54, 1.807) is 0 Å². The van der Waals surface area contributed by atoms with Gasteiger partial charge in [-0.15, -0.1) is 0 Å². The van der Waals surface area contributed by atoms with E-state index in [-0.39, 0.29) is 16.7 Å². The first-order valence-corrected chi connectivity index (χ1v) is 7.36. The minimum atomic E-state index is -0.364. The molecule has 0 aromatic carbocycles. The zero-order chi connectivity index (χ0) is 14.7. The Morgan fingerprint density at radius 2 is 2.00 bits per heavy atom. The molecule has 0 radical (unpaired) electrons. The molecule has 1 atom stereocenters. The van der Waals surface area contributed by atoms with Crippen LogP contribution < -0.4 is 11.1 Å². The van der Waals surface area contributed by atoms with Crippen molar-refractivity contribution < 1.29 is 4.79 Å². The Balaban J connectivity index is 2.49. The Hall–Kier alpha value is -0.610. The highest BCUT2D eigenvalue weighted by Crippen LogP contribution is 2.33. The lowest BCUT2D eigenvalue weighted by Gasteiger charge is -2.33. The fraction of sp³-hybridized carbons (Fsp3) is 0.933. The first-order valence-electron chi connectivity index (χ1n) is 7.36. The average molecular weight is 269 g/mol. The van der Waals surface area contributed by atoms with Crippen LogP contribution in [0.2, 0.25) is 0 Å². The molecule has 4 heteroatoms. The van der Waals surface area contributed by atoms with Crippen molar-refractivity contribution in [3.63, 3.8) is 0 Å². The predicted octanol–water partition coefficient (Wildman–Crippen LogP) is 1.46. The van der Waals surface area contributed by atoms with Gasteiger partial charge in [0.1, 0.15) is 0 Å². The van der Waals surface area contributed by atoms with Crippen LogP contribution in [0.4, 0.5) is 0 Å². The fourth-order valence-corrected chi connectivity index (χ4v) is 2.74.